The van der Waals surface area contributed by atoms with Gasteiger partial charge in [-0.1, -0.05) is 30.8 Å². The van der Waals surface area contributed by atoms with Gasteiger partial charge in [0.15, 0.2) is 5.17 Å². The van der Waals surface area contributed by atoms with Gasteiger partial charge < -0.3 is 9.47 Å². The number of amides is 1. The lowest BCUT2D eigenvalue weighted by atomic mass is 10.2. The zero-order chi connectivity index (χ0) is 21.5. The van der Waals surface area contributed by atoms with Crippen LogP contribution in [0.25, 0.3) is 6.08 Å². The molecule has 3 rings (SSSR count). The molecule has 0 saturated carbocycles. The fraction of sp³-hybridized carbons (Fsp3) is 0.333. The largest absolute Gasteiger partial charge is 0.494 e. The molecule has 0 fully saturated rings. The van der Waals surface area contributed by atoms with Crippen LogP contribution in [0.3, 0.4) is 0 Å². The van der Waals surface area contributed by atoms with Crippen LogP contribution >= 0.6 is 11.8 Å². The van der Waals surface area contributed by atoms with E-state index in [9.17, 15) is 4.79 Å². The summed E-state index contributed by atoms with van der Waals surface area (Å²) in [5.41, 5.74) is 2.13. The van der Waals surface area contributed by atoms with Crippen molar-refractivity contribution in [2.24, 2.45) is 4.99 Å². The average Bonchev–Trinajstić information content (AvgIpc) is 3.03. The number of thioether (sulfide) groups is 1. The Hall–Kier alpha value is -2.73. The highest BCUT2D eigenvalue weighted by atomic mass is 32.2. The molecule has 2 aromatic carbocycles. The summed E-state index contributed by atoms with van der Waals surface area (Å²) in [6.45, 7) is 8.65. The Labute approximate surface area is 182 Å². The summed E-state index contributed by atoms with van der Waals surface area (Å²) in [5, 5.41) is 0.706. The van der Waals surface area contributed by atoms with Crippen LogP contribution in [0.5, 0.6) is 11.5 Å². The maximum atomic E-state index is 13.2. The second kappa shape index (κ2) is 10.3. The Kier molecular flexibility index (Phi) is 7.57. The van der Waals surface area contributed by atoms with Crippen LogP contribution in [0.1, 0.15) is 39.7 Å². The summed E-state index contributed by atoms with van der Waals surface area (Å²) in [6, 6.07) is 15.2. The van der Waals surface area contributed by atoms with Gasteiger partial charge >= 0.3 is 0 Å². The van der Waals surface area contributed by atoms with Crippen LogP contribution in [0.15, 0.2) is 59.2 Å². The fourth-order valence-electron chi connectivity index (χ4n) is 2.94. The van der Waals surface area contributed by atoms with E-state index in [2.05, 4.69) is 11.9 Å². The Morgan fingerprint density at radius 2 is 1.70 bits per heavy atom. The summed E-state index contributed by atoms with van der Waals surface area (Å²) in [5.74, 6) is 2.37. The minimum atomic E-state index is -0.125. The van der Waals surface area contributed by atoms with E-state index in [1.807, 2.05) is 75.4 Å². The van der Waals surface area contributed by atoms with Crippen LogP contribution < -0.4 is 14.4 Å². The van der Waals surface area contributed by atoms with Crippen molar-refractivity contribution in [3.8, 4) is 11.5 Å². The number of nitrogens with zero attached hydrogens (tertiary/aromatic N) is 2. The third kappa shape index (κ3) is 5.45. The molecule has 2 aromatic rings. The van der Waals surface area contributed by atoms with Crippen molar-refractivity contribution in [2.45, 2.75) is 40.2 Å². The lowest BCUT2D eigenvalue weighted by Crippen LogP contribution is -2.30. The molecule has 1 amide bonds. The van der Waals surface area contributed by atoms with E-state index in [1.165, 1.54) is 0 Å². The summed E-state index contributed by atoms with van der Waals surface area (Å²) in [7, 11) is 0. The molecule has 158 valence electrons. The van der Waals surface area contributed by atoms with Gasteiger partial charge in [-0.05, 0) is 75.2 Å². The van der Waals surface area contributed by atoms with Gasteiger partial charge in [0.05, 0.1) is 18.4 Å². The van der Waals surface area contributed by atoms with E-state index in [0.29, 0.717) is 17.5 Å². The summed E-state index contributed by atoms with van der Waals surface area (Å²) < 4.78 is 11.2. The molecule has 0 unspecified atom stereocenters. The Morgan fingerprint density at radius 3 is 2.30 bits per heavy atom. The molecule has 5 nitrogen and oxygen atoms in total. The molecule has 1 aliphatic rings. The van der Waals surface area contributed by atoms with E-state index in [0.717, 1.165) is 34.9 Å². The van der Waals surface area contributed by atoms with E-state index >= 15 is 0 Å². The first-order valence-electron chi connectivity index (χ1n) is 10.3. The molecule has 6 heteroatoms. The summed E-state index contributed by atoms with van der Waals surface area (Å²) in [4.78, 5) is 19.5. The number of ether oxygens (including phenoxy) is 2. The SMILES string of the molecule is CCCSC1=N/C(=C/c2ccc(OC(C)C)cc2)C(=O)N1c1ccc(OCC)cc1. The third-order valence-corrected chi connectivity index (χ3v) is 5.37. The van der Waals surface area contributed by atoms with Crippen LogP contribution in [0.4, 0.5) is 5.69 Å². The maximum absolute atomic E-state index is 13.2. The lowest BCUT2D eigenvalue weighted by Gasteiger charge is -2.18. The molecule has 30 heavy (non-hydrogen) atoms. The van der Waals surface area contributed by atoms with Crippen molar-refractivity contribution < 1.29 is 14.3 Å². The van der Waals surface area contributed by atoms with Crippen LogP contribution in [-0.4, -0.2) is 29.5 Å². The van der Waals surface area contributed by atoms with Crippen LogP contribution in [0, 0.1) is 0 Å². The molecular formula is C24H28N2O3S. The van der Waals surface area contributed by atoms with Crippen molar-refractivity contribution in [3.05, 3.63) is 59.8 Å². The monoisotopic (exact) mass is 424 g/mol. The minimum Gasteiger partial charge on any atom is -0.494 e. The van der Waals surface area contributed by atoms with Gasteiger partial charge in [0.1, 0.15) is 17.2 Å². The number of amidine groups is 1. The van der Waals surface area contributed by atoms with Gasteiger partial charge in [0, 0.05) is 5.75 Å². The molecule has 0 spiro atoms. The van der Waals surface area contributed by atoms with E-state index in [1.54, 1.807) is 16.7 Å². The van der Waals surface area contributed by atoms with Gasteiger partial charge in [0.25, 0.3) is 5.91 Å². The molecule has 1 aliphatic heterocycles. The zero-order valence-electron chi connectivity index (χ0n) is 17.9. The van der Waals surface area contributed by atoms with Gasteiger partial charge in [-0.15, -0.1) is 0 Å². The normalized spacial score (nSPS) is 15.1. The summed E-state index contributed by atoms with van der Waals surface area (Å²) >= 11 is 1.59. The highest BCUT2D eigenvalue weighted by molar-refractivity contribution is 8.14. The number of carbonyl (C=O) groups excluding carboxylic acids is 1. The number of hydrogen-bond acceptors (Lipinski definition) is 5. The standard InChI is InChI=1S/C24H28N2O3S/c1-5-15-30-24-25-22(16-18-7-11-21(12-8-18)29-17(3)4)23(27)26(24)19-9-13-20(14-10-19)28-6-2/h7-14,16-17H,5-6,15H2,1-4H3/b22-16+. The first-order chi connectivity index (χ1) is 14.5. The van der Waals surface area contributed by atoms with Gasteiger partial charge in [0.2, 0.25) is 0 Å². The number of benzene rings is 2. The van der Waals surface area contributed by atoms with Crippen LogP contribution in [0.2, 0.25) is 0 Å². The molecule has 0 N–H and O–H groups in total. The first kappa shape index (κ1) is 22.0. The highest BCUT2D eigenvalue weighted by Crippen LogP contribution is 2.31. The van der Waals surface area contributed by atoms with Crippen molar-refractivity contribution in [1.82, 2.24) is 0 Å². The molecule has 0 bridgehead atoms. The number of carbonyl (C=O) groups is 1. The quantitative estimate of drug-likeness (QED) is 0.506. The molecule has 1 heterocycles. The zero-order valence-corrected chi connectivity index (χ0v) is 18.7. The van der Waals surface area contributed by atoms with Gasteiger partial charge in [-0.25, -0.2) is 4.99 Å². The second-order valence-corrected chi connectivity index (χ2v) is 8.14. The maximum Gasteiger partial charge on any atom is 0.283 e. The van der Waals surface area contributed by atoms with Crippen LogP contribution in [-0.2, 0) is 4.79 Å². The molecule has 0 aliphatic carbocycles. The smallest absolute Gasteiger partial charge is 0.283 e. The number of hydrogen-bond donors (Lipinski definition) is 0. The van der Waals surface area contributed by atoms with Crippen molar-refractivity contribution in [2.75, 3.05) is 17.3 Å². The van der Waals surface area contributed by atoms with Crippen molar-refractivity contribution >= 4 is 34.6 Å². The fourth-order valence-corrected chi connectivity index (χ4v) is 3.81. The van der Waals surface area contributed by atoms with Gasteiger partial charge in [-0.3, -0.25) is 9.69 Å². The molecule has 0 radical (unpaired) electrons. The van der Waals surface area contributed by atoms with E-state index < -0.39 is 0 Å². The predicted octanol–water partition coefficient (Wildman–Crippen LogP) is 5.76. The number of aliphatic imine (C=N–C) groups is 1. The highest BCUT2D eigenvalue weighted by Gasteiger charge is 2.31. The Balaban J connectivity index is 1.86. The minimum absolute atomic E-state index is 0.121. The molecule has 0 atom stereocenters. The Bertz CT molecular complexity index is 918. The van der Waals surface area contributed by atoms with Gasteiger partial charge in [-0.2, -0.15) is 0 Å². The summed E-state index contributed by atoms with van der Waals surface area (Å²) in [6.07, 6.45) is 2.95. The second-order valence-electron chi connectivity index (χ2n) is 7.08. The molecule has 0 aromatic heterocycles. The average molecular weight is 425 g/mol. The van der Waals surface area contributed by atoms with Crippen molar-refractivity contribution in [3.63, 3.8) is 0 Å². The first-order valence-corrected chi connectivity index (χ1v) is 11.3. The number of rotatable bonds is 8. The Morgan fingerprint density at radius 1 is 1.03 bits per heavy atom. The molecule has 0 saturated heterocycles. The van der Waals surface area contributed by atoms with Crippen molar-refractivity contribution in [1.29, 1.82) is 0 Å². The topological polar surface area (TPSA) is 51.1 Å². The number of anilines is 1. The lowest BCUT2D eigenvalue weighted by molar-refractivity contribution is -0.113. The third-order valence-electron chi connectivity index (χ3n) is 4.23. The predicted molar refractivity (Wildman–Crippen MR) is 125 cm³/mol. The van der Waals surface area contributed by atoms with E-state index in [4.69, 9.17) is 9.47 Å². The van der Waals surface area contributed by atoms with E-state index in [-0.39, 0.29) is 12.0 Å². The molecular weight excluding hydrogens is 396 g/mol.